The topological polar surface area (TPSA) is 78.2 Å². The molecule has 0 bridgehead atoms. The minimum Gasteiger partial charge on any atom is -0.481 e. The van der Waals surface area contributed by atoms with Crippen LogP contribution in [0, 0.1) is 23.0 Å². The van der Waals surface area contributed by atoms with Gasteiger partial charge in [-0.05, 0) is 30.2 Å². The van der Waals surface area contributed by atoms with Crippen LogP contribution in [-0.2, 0) is 4.79 Å². The lowest BCUT2D eigenvalue weighted by atomic mass is 9.86. The summed E-state index contributed by atoms with van der Waals surface area (Å²) >= 11 is 6.06. The third-order valence-electron chi connectivity index (χ3n) is 3.66. The largest absolute Gasteiger partial charge is 0.481 e. The van der Waals surface area contributed by atoms with Crippen LogP contribution in [0.1, 0.15) is 40.2 Å². The van der Waals surface area contributed by atoms with E-state index in [9.17, 15) is 18.4 Å². The Morgan fingerprint density at radius 2 is 1.80 bits per heavy atom. The molecule has 0 heterocycles. The summed E-state index contributed by atoms with van der Waals surface area (Å²) in [4.78, 5) is 23.6. The second kappa shape index (κ2) is 7.86. The summed E-state index contributed by atoms with van der Waals surface area (Å²) in [6.45, 7) is 0. The van der Waals surface area contributed by atoms with Gasteiger partial charge in [-0.2, -0.15) is 5.26 Å². The highest BCUT2D eigenvalue weighted by Crippen LogP contribution is 2.32. The van der Waals surface area contributed by atoms with Crippen LogP contribution in [0.4, 0.5) is 8.78 Å². The molecule has 1 atom stereocenters. The summed E-state index contributed by atoms with van der Waals surface area (Å²) in [5.74, 6) is -5.54. The van der Waals surface area contributed by atoms with E-state index in [2.05, 4.69) is 0 Å². The van der Waals surface area contributed by atoms with Crippen molar-refractivity contribution in [3.8, 4) is 6.07 Å². The summed E-state index contributed by atoms with van der Waals surface area (Å²) in [5.41, 5.74) is -0.778. The van der Waals surface area contributed by atoms with E-state index < -0.39 is 34.9 Å². The Morgan fingerprint density at radius 1 is 1.20 bits per heavy atom. The van der Waals surface area contributed by atoms with E-state index in [1.54, 1.807) is 18.2 Å². The zero-order chi connectivity index (χ0) is 18.6. The van der Waals surface area contributed by atoms with Crippen molar-refractivity contribution in [2.45, 2.75) is 18.8 Å². The Balaban J connectivity index is 2.51. The third kappa shape index (κ3) is 4.20. The van der Waals surface area contributed by atoms with Crippen molar-refractivity contribution in [2.75, 3.05) is 0 Å². The van der Waals surface area contributed by atoms with Gasteiger partial charge in [0.25, 0.3) is 0 Å². The van der Waals surface area contributed by atoms with Crippen LogP contribution in [0.3, 0.4) is 0 Å². The summed E-state index contributed by atoms with van der Waals surface area (Å²) in [7, 11) is 0. The number of hydrogen-bond donors (Lipinski definition) is 1. The standard InChI is InChI=1S/C18H12ClF2NO3/c19-13-4-2-1-3-11(13)12(5-6-16(23)24)18(25)17-14(20)7-10(9-22)8-15(17)21/h1-4,7-8,12H,5-6H2,(H,23,24). The van der Waals surface area contributed by atoms with Crippen molar-refractivity contribution in [3.05, 3.63) is 69.7 Å². The Labute approximate surface area is 147 Å². The van der Waals surface area contributed by atoms with Crippen LogP contribution in [0.2, 0.25) is 5.02 Å². The van der Waals surface area contributed by atoms with Crippen molar-refractivity contribution in [1.82, 2.24) is 0 Å². The number of ketones is 1. The lowest BCUT2D eigenvalue weighted by Crippen LogP contribution is -2.18. The first kappa shape index (κ1) is 18.6. The van der Waals surface area contributed by atoms with E-state index in [4.69, 9.17) is 22.0 Å². The van der Waals surface area contributed by atoms with Crippen LogP contribution in [0.25, 0.3) is 0 Å². The van der Waals surface area contributed by atoms with E-state index in [0.717, 1.165) is 12.1 Å². The van der Waals surface area contributed by atoms with E-state index in [-0.39, 0.29) is 23.4 Å². The Morgan fingerprint density at radius 3 is 2.32 bits per heavy atom. The molecule has 128 valence electrons. The maximum absolute atomic E-state index is 14.2. The van der Waals surface area contributed by atoms with Crippen molar-refractivity contribution in [2.24, 2.45) is 0 Å². The van der Waals surface area contributed by atoms with Gasteiger partial charge in [-0.25, -0.2) is 8.78 Å². The fourth-order valence-corrected chi connectivity index (χ4v) is 2.77. The van der Waals surface area contributed by atoms with Gasteiger partial charge in [-0.3, -0.25) is 9.59 Å². The van der Waals surface area contributed by atoms with Gasteiger partial charge >= 0.3 is 5.97 Å². The summed E-state index contributed by atoms with van der Waals surface area (Å²) < 4.78 is 28.3. The predicted molar refractivity (Wildman–Crippen MR) is 86.5 cm³/mol. The molecule has 0 saturated carbocycles. The molecule has 0 aromatic heterocycles. The quantitative estimate of drug-likeness (QED) is 0.775. The average molecular weight is 364 g/mol. The predicted octanol–water partition coefficient (Wildman–Crippen LogP) is 4.32. The molecule has 2 aromatic carbocycles. The SMILES string of the molecule is N#Cc1cc(F)c(C(=O)C(CCC(=O)O)c2ccccc2Cl)c(F)c1. The van der Waals surface area contributed by atoms with E-state index in [1.165, 1.54) is 12.1 Å². The second-order valence-electron chi connectivity index (χ2n) is 5.30. The molecular formula is C18H12ClF2NO3. The minimum atomic E-state index is -1.17. The summed E-state index contributed by atoms with van der Waals surface area (Å²) in [5, 5.41) is 17.8. The fourth-order valence-electron chi connectivity index (χ4n) is 2.50. The number of carbonyl (C=O) groups is 2. The Bertz CT molecular complexity index is 854. The van der Waals surface area contributed by atoms with Crippen molar-refractivity contribution < 1.29 is 23.5 Å². The number of halogens is 3. The molecule has 0 radical (unpaired) electrons. The molecule has 4 nitrogen and oxygen atoms in total. The molecular weight excluding hydrogens is 352 g/mol. The molecule has 0 aliphatic carbocycles. The Hall–Kier alpha value is -2.78. The van der Waals surface area contributed by atoms with E-state index >= 15 is 0 Å². The van der Waals surface area contributed by atoms with Crippen molar-refractivity contribution in [3.63, 3.8) is 0 Å². The van der Waals surface area contributed by atoms with Gasteiger partial charge in [0.05, 0.1) is 17.2 Å². The first-order chi connectivity index (χ1) is 11.8. The number of carbonyl (C=O) groups excluding carboxylic acids is 1. The van der Waals surface area contributed by atoms with Crippen LogP contribution >= 0.6 is 11.6 Å². The van der Waals surface area contributed by atoms with Crippen LogP contribution in [-0.4, -0.2) is 16.9 Å². The number of hydrogen-bond acceptors (Lipinski definition) is 3. The Kier molecular flexibility index (Phi) is 5.84. The van der Waals surface area contributed by atoms with Gasteiger partial charge in [-0.1, -0.05) is 29.8 Å². The lowest BCUT2D eigenvalue weighted by Gasteiger charge is -2.18. The number of nitrogens with zero attached hydrogens (tertiary/aromatic N) is 1. The molecule has 0 aliphatic rings. The number of nitriles is 1. The fraction of sp³-hybridized carbons (Fsp3) is 0.167. The molecule has 0 amide bonds. The molecule has 2 rings (SSSR count). The molecule has 25 heavy (non-hydrogen) atoms. The highest BCUT2D eigenvalue weighted by Gasteiger charge is 2.29. The molecule has 1 unspecified atom stereocenters. The number of benzene rings is 2. The first-order valence-electron chi connectivity index (χ1n) is 7.24. The highest BCUT2D eigenvalue weighted by molar-refractivity contribution is 6.31. The molecule has 0 fully saturated rings. The van der Waals surface area contributed by atoms with E-state index in [0.29, 0.717) is 5.56 Å². The van der Waals surface area contributed by atoms with Gasteiger partial charge in [0, 0.05) is 17.4 Å². The van der Waals surface area contributed by atoms with E-state index in [1.807, 2.05) is 0 Å². The molecule has 0 aliphatic heterocycles. The van der Waals surface area contributed by atoms with Gasteiger partial charge in [-0.15, -0.1) is 0 Å². The van der Waals surface area contributed by atoms with Crippen LogP contribution in [0.5, 0.6) is 0 Å². The molecule has 2 aromatic rings. The zero-order valence-electron chi connectivity index (χ0n) is 12.8. The maximum Gasteiger partial charge on any atom is 0.303 e. The number of rotatable bonds is 6. The monoisotopic (exact) mass is 363 g/mol. The molecule has 0 saturated heterocycles. The van der Waals surface area contributed by atoms with Gasteiger partial charge in [0.1, 0.15) is 11.6 Å². The third-order valence-corrected chi connectivity index (χ3v) is 4.01. The maximum atomic E-state index is 14.2. The van der Waals surface area contributed by atoms with Crippen molar-refractivity contribution >= 4 is 23.4 Å². The summed E-state index contributed by atoms with van der Waals surface area (Å²) in [6.07, 6.45) is -0.544. The molecule has 1 N–H and O–H groups in total. The molecule has 7 heteroatoms. The zero-order valence-corrected chi connectivity index (χ0v) is 13.6. The van der Waals surface area contributed by atoms with Crippen molar-refractivity contribution in [1.29, 1.82) is 5.26 Å². The first-order valence-corrected chi connectivity index (χ1v) is 7.62. The van der Waals surface area contributed by atoms with Crippen LogP contribution in [0.15, 0.2) is 36.4 Å². The molecule has 0 spiro atoms. The van der Waals surface area contributed by atoms with Gasteiger partial charge in [0.2, 0.25) is 0 Å². The minimum absolute atomic E-state index is 0.170. The lowest BCUT2D eigenvalue weighted by molar-refractivity contribution is -0.137. The van der Waals surface area contributed by atoms with Gasteiger partial charge in [0.15, 0.2) is 5.78 Å². The second-order valence-corrected chi connectivity index (χ2v) is 5.70. The number of aliphatic carboxylic acids is 1. The number of carboxylic acid groups (broad SMARTS) is 1. The van der Waals surface area contributed by atoms with Gasteiger partial charge < -0.3 is 5.11 Å². The van der Waals surface area contributed by atoms with Crippen LogP contribution < -0.4 is 0 Å². The number of Topliss-reactive ketones (excluding diaryl/α,β-unsaturated/α-hetero) is 1. The summed E-state index contributed by atoms with van der Waals surface area (Å²) in [6, 6.07) is 9.34. The smallest absolute Gasteiger partial charge is 0.303 e. The highest BCUT2D eigenvalue weighted by atomic mass is 35.5. The normalized spacial score (nSPS) is 11.6. The number of carboxylic acids is 1. The average Bonchev–Trinajstić information content (AvgIpc) is 2.55.